The third-order valence-electron chi connectivity index (χ3n) is 4.98. The first-order valence-corrected chi connectivity index (χ1v) is 12.8. The van der Waals surface area contributed by atoms with E-state index in [0.717, 1.165) is 4.57 Å². The minimum atomic E-state index is -3.98. The molecule has 0 bridgehead atoms. The number of nitrogens with two attached hydrogens (primary N) is 1. The maximum absolute atomic E-state index is 15.1. The number of primary amides is 1. The number of hydrogen-bond donors (Lipinski definition) is 4. The van der Waals surface area contributed by atoms with Crippen LogP contribution in [0.2, 0.25) is 0 Å². The Morgan fingerprint density at radius 2 is 1.83 bits per heavy atom. The Hall–Kier alpha value is -3.04. The SMILES string of the molecule is CCNS(=O)(=O)Nc1cccc(Cc2cc(C(N)=O)c(Nc3ccc(I)cc3F)n(C)c2=O)c1F. The number of nitrogens with zero attached hydrogens (tertiary/aromatic N) is 1. The lowest BCUT2D eigenvalue weighted by Crippen LogP contribution is -2.30. The number of carbonyl (C=O) groups excluding carboxylic acids is 1. The summed E-state index contributed by atoms with van der Waals surface area (Å²) in [7, 11) is -2.61. The molecule has 0 spiro atoms. The van der Waals surface area contributed by atoms with Gasteiger partial charge in [-0.25, -0.2) is 8.78 Å². The number of aromatic nitrogens is 1. The van der Waals surface area contributed by atoms with E-state index in [1.807, 2.05) is 22.6 Å². The molecule has 0 unspecified atom stereocenters. The van der Waals surface area contributed by atoms with Crippen molar-refractivity contribution in [1.29, 1.82) is 0 Å². The highest BCUT2D eigenvalue weighted by atomic mass is 127. The third-order valence-corrected chi connectivity index (χ3v) is 6.80. The Bertz CT molecular complexity index is 1460. The number of amides is 1. The molecular formula is C22H22F2IN5O4S. The highest BCUT2D eigenvalue weighted by Gasteiger charge is 2.20. The molecule has 0 aliphatic heterocycles. The van der Waals surface area contributed by atoms with Crippen molar-refractivity contribution in [3.63, 3.8) is 0 Å². The molecule has 5 N–H and O–H groups in total. The van der Waals surface area contributed by atoms with Crippen LogP contribution in [0.25, 0.3) is 0 Å². The van der Waals surface area contributed by atoms with Crippen molar-refractivity contribution in [3.05, 3.63) is 84.7 Å². The molecule has 1 aromatic heterocycles. The quantitative estimate of drug-likeness (QED) is 0.274. The van der Waals surface area contributed by atoms with Crippen LogP contribution in [0.3, 0.4) is 0 Å². The zero-order valence-corrected chi connectivity index (χ0v) is 21.6. The first kappa shape index (κ1) is 26.6. The molecule has 1 amide bonds. The van der Waals surface area contributed by atoms with Crippen molar-refractivity contribution < 1.29 is 22.0 Å². The lowest BCUT2D eigenvalue weighted by molar-refractivity contribution is 0.100. The molecule has 2 aromatic carbocycles. The summed E-state index contributed by atoms with van der Waals surface area (Å²) in [6.45, 7) is 1.68. The van der Waals surface area contributed by atoms with Gasteiger partial charge in [0.25, 0.3) is 21.7 Å². The van der Waals surface area contributed by atoms with Gasteiger partial charge in [-0.2, -0.15) is 13.1 Å². The fourth-order valence-corrected chi connectivity index (χ4v) is 4.71. The van der Waals surface area contributed by atoms with Crippen LogP contribution in [0.5, 0.6) is 0 Å². The average Bonchev–Trinajstić information content (AvgIpc) is 2.77. The fourth-order valence-electron chi connectivity index (χ4n) is 3.36. The van der Waals surface area contributed by atoms with Crippen LogP contribution in [0.4, 0.5) is 26.0 Å². The molecule has 0 saturated heterocycles. The molecule has 1 heterocycles. The van der Waals surface area contributed by atoms with Crippen molar-refractivity contribution in [1.82, 2.24) is 9.29 Å². The Balaban J connectivity index is 2.02. The Morgan fingerprint density at radius 3 is 2.46 bits per heavy atom. The zero-order chi connectivity index (χ0) is 25.9. The molecular weight excluding hydrogens is 595 g/mol. The van der Waals surface area contributed by atoms with E-state index in [4.69, 9.17) is 5.73 Å². The van der Waals surface area contributed by atoms with Crippen molar-refractivity contribution in [3.8, 4) is 0 Å². The molecule has 0 radical (unpaired) electrons. The topological polar surface area (TPSA) is 135 Å². The van der Waals surface area contributed by atoms with E-state index < -0.39 is 33.3 Å². The maximum Gasteiger partial charge on any atom is 0.299 e. The molecule has 0 atom stereocenters. The van der Waals surface area contributed by atoms with Crippen LogP contribution in [-0.4, -0.2) is 25.4 Å². The van der Waals surface area contributed by atoms with E-state index in [9.17, 15) is 22.4 Å². The molecule has 3 rings (SSSR count). The van der Waals surface area contributed by atoms with Crippen molar-refractivity contribution in [2.24, 2.45) is 12.8 Å². The van der Waals surface area contributed by atoms with Gasteiger partial charge in [-0.05, 0) is 58.5 Å². The number of hydrogen-bond acceptors (Lipinski definition) is 5. The van der Waals surface area contributed by atoms with Crippen LogP contribution >= 0.6 is 22.6 Å². The summed E-state index contributed by atoms with van der Waals surface area (Å²) in [5.41, 5.74) is 4.60. The van der Waals surface area contributed by atoms with Crippen LogP contribution in [0.15, 0.2) is 47.3 Å². The van der Waals surface area contributed by atoms with Gasteiger partial charge in [-0.15, -0.1) is 0 Å². The summed E-state index contributed by atoms with van der Waals surface area (Å²) < 4.78 is 59.3. The summed E-state index contributed by atoms with van der Waals surface area (Å²) in [6.07, 6.45) is -0.256. The van der Waals surface area contributed by atoms with Crippen LogP contribution in [0.1, 0.15) is 28.4 Å². The van der Waals surface area contributed by atoms with Crippen molar-refractivity contribution >= 4 is 55.9 Å². The second-order valence-electron chi connectivity index (χ2n) is 7.47. The average molecular weight is 617 g/mol. The Labute approximate surface area is 214 Å². The van der Waals surface area contributed by atoms with Crippen molar-refractivity contribution in [2.75, 3.05) is 16.6 Å². The molecule has 0 aliphatic carbocycles. The molecule has 186 valence electrons. The van der Waals surface area contributed by atoms with E-state index in [2.05, 4.69) is 14.8 Å². The highest BCUT2D eigenvalue weighted by molar-refractivity contribution is 14.1. The lowest BCUT2D eigenvalue weighted by atomic mass is 10.0. The van der Waals surface area contributed by atoms with Gasteiger partial charge in [-0.1, -0.05) is 19.1 Å². The predicted molar refractivity (Wildman–Crippen MR) is 138 cm³/mol. The summed E-state index contributed by atoms with van der Waals surface area (Å²) in [6, 6.07) is 9.64. The minimum Gasteiger partial charge on any atom is -0.365 e. The van der Waals surface area contributed by atoms with Crippen LogP contribution in [0, 0.1) is 15.2 Å². The normalized spacial score (nSPS) is 11.3. The molecule has 9 nitrogen and oxygen atoms in total. The van der Waals surface area contributed by atoms with Crippen LogP contribution < -0.4 is 26.1 Å². The third kappa shape index (κ3) is 6.15. The van der Waals surface area contributed by atoms with Gasteiger partial charge in [-0.3, -0.25) is 18.9 Å². The van der Waals surface area contributed by atoms with Gasteiger partial charge in [0, 0.05) is 29.1 Å². The summed E-state index contributed by atoms with van der Waals surface area (Å²) in [4.78, 5) is 25.2. The summed E-state index contributed by atoms with van der Waals surface area (Å²) in [5, 5.41) is 2.73. The van der Waals surface area contributed by atoms with Gasteiger partial charge < -0.3 is 11.1 Å². The first-order valence-electron chi connectivity index (χ1n) is 10.2. The molecule has 0 aliphatic rings. The summed E-state index contributed by atoms with van der Waals surface area (Å²) in [5.74, 6) is -2.38. The number of rotatable bonds is 9. The number of anilines is 3. The Kier molecular flexibility index (Phi) is 8.12. The Morgan fingerprint density at radius 1 is 1.11 bits per heavy atom. The zero-order valence-electron chi connectivity index (χ0n) is 18.7. The number of nitrogens with one attached hydrogen (secondary N) is 3. The van der Waals surface area contributed by atoms with E-state index in [1.165, 1.54) is 43.4 Å². The fraction of sp³-hybridized carbons (Fsp3) is 0.182. The van der Waals surface area contributed by atoms with E-state index >= 15 is 4.39 Å². The standard InChI is InChI=1S/C22H22F2IN5O4S/c1-3-27-35(33,34)29-18-6-4-5-12(19(18)24)9-13-10-15(20(26)31)21(30(2)22(13)32)28-17-8-7-14(25)11-16(17)23/h4-8,10-11,27-29H,3,9H2,1-2H3,(H2,26,31). The number of halogens is 3. The second kappa shape index (κ2) is 10.7. The van der Waals surface area contributed by atoms with E-state index in [0.29, 0.717) is 3.57 Å². The van der Waals surface area contributed by atoms with Crippen molar-refractivity contribution in [2.45, 2.75) is 13.3 Å². The highest BCUT2D eigenvalue weighted by Crippen LogP contribution is 2.26. The second-order valence-corrected chi connectivity index (χ2v) is 10.2. The molecule has 35 heavy (non-hydrogen) atoms. The van der Waals surface area contributed by atoms with Gasteiger partial charge in [0.05, 0.1) is 16.9 Å². The van der Waals surface area contributed by atoms with Gasteiger partial charge in [0.1, 0.15) is 11.6 Å². The minimum absolute atomic E-state index is 0.0126. The number of pyridine rings is 1. The maximum atomic E-state index is 15.1. The molecule has 0 fully saturated rings. The molecule has 0 saturated carbocycles. The number of carbonyl (C=O) groups is 1. The molecule has 13 heteroatoms. The smallest absolute Gasteiger partial charge is 0.299 e. The largest absolute Gasteiger partial charge is 0.365 e. The molecule has 3 aromatic rings. The monoisotopic (exact) mass is 617 g/mol. The van der Waals surface area contributed by atoms with E-state index in [1.54, 1.807) is 13.0 Å². The first-order chi connectivity index (χ1) is 16.4. The van der Waals surface area contributed by atoms with Crippen LogP contribution in [-0.2, 0) is 23.7 Å². The van der Waals surface area contributed by atoms with Gasteiger partial charge in [0.15, 0.2) is 5.82 Å². The van der Waals surface area contributed by atoms with Gasteiger partial charge >= 0.3 is 0 Å². The number of benzene rings is 2. The summed E-state index contributed by atoms with van der Waals surface area (Å²) >= 11 is 1.94. The predicted octanol–water partition coefficient (Wildman–Crippen LogP) is 2.97. The van der Waals surface area contributed by atoms with Gasteiger partial charge in [0.2, 0.25) is 0 Å². The lowest BCUT2D eigenvalue weighted by Gasteiger charge is -2.17. The van der Waals surface area contributed by atoms with E-state index in [-0.39, 0.29) is 46.8 Å².